The van der Waals surface area contributed by atoms with Gasteiger partial charge in [-0.05, 0) is 137 Å². The smallest absolute Gasteiger partial charge is 0.314 e. The van der Waals surface area contributed by atoms with Crippen molar-refractivity contribution in [3.05, 3.63) is 114 Å². The van der Waals surface area contributed by atoms with Crippen molar-refractivity contribution in [1.82, 2.24) is 50.3 Å². The lowest BCUT2D eigenvalue weighted by atomic mass is 10.1. The summed E-state index contributed by atoms with van der Waals surface area (Å²) in [6.45, 7) is 14.4. The number of carbonyl (C=O) groups is 2. The monoisotopic (exact) mass is 1340 g/mol. The lowest BCUT2D eigenvalue weighted by Crippen LogP contribution is -2.51. The number of amides is 4. The summed E-state index contributed by atoms with van der Waals surface area (Å²) >= 11 is 26.2. The van der Waals surface area contributed by atoms with Crippen LogP contribution < -0.4 is 40.2 Å². The van der Waals surface area contributed by atoms with E-state index >= 15 is 0 Å². The molecule has 0 unspecified atom stereocenters. The van der Waals surface area contributed by atoms with E-state index in [1.165, 1.54) is 0 Å². The van der Waals surface area contributed by atoms with Crippen LogP contribution in [0.3, 0.4) is 0 Å². The van der Waals surface area contributed by atoms with Crippen molar-refractivity contribution in [1.29, 1.82) is 0 Å². The topological polar surface area (TPSA) is 243 Å². The number of rotatable bonds is 33. The number of nitrogens with one attached hydrogen (secondary N) is 6. The number of nitrogens with zero attached hydrogens (tertiary/aromatic N) is 4. The molecule has 0 saturated carbocycles. The molecule has 88 heavy (non-hydrogen) atoms. The second kappa shape index (κ2) is 33.8. The fourth-order valence-electron chi connectivity index (χ4n) is 11.1. The van der Waals surface area contributed by atoms with Crippen molar-refractivity contribution in [3.63, 3.8) is 0 Å². The molecule has 4 aromatic rings. The molecule has 2 aliphatic heterocycles. The molecule has 0 radical (unpaired) electrons. The Hall–Kier alpha value is -4.32. The highest BCUT2D eigenvalue weighted by Crippen LogP contribution is 2.45. The lowest BCUT2D eigenvalue weighted by molar-refractivity contribution is 0.0451. The molecule has 2 saturated heterocycles. The fourth-order valence-corrected chi connectivity index (χ4v) is 14.5. The Morgan fingerprint density at radius 2 is 0.830 bits per heavy atom. The molecule has 4 atom stereocenters. The molecule has 0 bridgehead atoms. The van der Waals surface area contributed by atoms with Gasteiger partial charge in [-0.25, -0.2) is 35.9 Å². The van der Waals surface area contributed by atoms with Gasteiger partial charge in [-0.2, -0.15) is 0 Å². The Labute approximate surface area is 538 Å². The number of piperazine rings is 2. The Bertz CT molecular complexity index is 2990. The zero-order valence-electron chi connectivity index (χ0n) is 50.5. The number of carbonyl (C=O) groups excluding carboxylic acids is 2. The highest BCUT2D eigenvalue weighted by molar-refractivity contribution is 7.89. The molecule has 22 nitrogen and oxygen atoms in total. The van der Waals surface area contributed by atoms with Crippen LogP contribution in [0.5, 0.6) is 11.5 Å². The van der Waals surface area contributed by atoms with Crippen molar-refractivity contribution in [2.75, 3.05) is 159 Å². The van der Waals surface area contributed by atoms with Crippen molar-refractivity contribution >= 4 is 78.5 Å². The quantitative estimate of drug-likeness (QED) is 0.0291. The first-order valence-corrected chi connectivity index (χ1v) is 34.4. The van der Waals surface area contributed by atoms with Crippen LogP contribution >= 0.6 is 46.4 Å². The van der Waals surface area contributed by atoms with Gasteiger partial charge in [0.1, 0.15) is 23.7 Å². The van der Waals surface area contributed by atoms with E-state index in [1.807, 2.05) is 26.0 Å². The van der Waals surface area contributed by atoms with Gasteiger partial charge < -0.3 is 59.5 Å². The summed E-state index contributed by atoms with van der Waals surface area (Å²) in [6, 6.07) is 16.5. The SMILES string of the molecule is Cc1cc(S(=O)(=O)NCCOCCOCCNC(=O)NCCCCNC(=O)NCCOCCOCCNS(=O)(=O)c2ccc(O[C@H]3c4cc(Cl)cc(Cl)c4C[C@@H]3N3CCN(C)CC3)c(C)c2)ccc1O[C@H]1c2cc(Cl)cc(Cl)c2C[C@@H]1N1CCN(C)CC1. The highest BCUT2D eigenvalue weighted by atomic mass is 35.5. The molecular formula is C60H84Cl4N10O12S2. The van der Waals surface area contributed by atoms with Gasteiger partial charge >= 0.3 is 12.1 Å². The zero-order chi connectivity index (χ0) is 62.8. The van der Waals surface area contributed by atoms with E-state index in [0.717, 1.165) is 87.5 Å². The van der Waals surface area contributed by atoms with Crippen LogP contribution in [-0.4, -0.2) is 219 Å². The first-order chi connectivity index (χ1) is 42.3. The van der Waals surface area contributed by atoms with Gasteiger partial charge in [0.15, 0.2) is 0 Å². The van der Waals surface area contributed by atoms with Crippen LogP contribution in [0.15, 0.2) is 70.5 Å². The summed E-state index contributed by atoms with van der Waals surface area (Å²) in [5.41, 5.74) is 5.33. The van der Waals surface area contributed by atoms with Crippen molar-refractivity contribution in [3.8, 4) is 11.5 Å². The van der Waals surface area contributed by atoms with Crippen LogP contribution in [0.1, 0.15) is 58.4 Å². The number of benzene rings is 4. The highest BCUT2D eigenvalue weighted by Gasteiger charge is 2.42. The largest absolute Gasteiger partial charge is 0.484 e. The number of unbranched alkanes of at least 4 members (excludes halogenated alkanes) is 1. The summed E-state index contributed by atoms with van der Waals surface area (Å²) in [5.74, 6) is 1.17. The third-order valence-corrected chi connectivity index (χ3v) is 20.1. The standard InChI is InChI=1S/C60H84Cl4N10O12S2/c1-41-33-45(7-9-55(41)85-57-49-35-43(61)37-51(63)47(49)39-53(57)73-21-17-71(3)18-22-73)87(77,78)69-15-27-83-31-29-81-25-13-67-59(75)65-11-5-6-12-66-60(76)68-14-26-82-30-32-84-28-16-70-88(79,80)46-8-10-56(42(2)34-46)86-58-50-36-44(62)38-52(64)48(50)40-54(58)74-23-19-72(4)20-24-74/h7-10,33-38,53-54,57-58,69-70H,5-6,11-32,39-40H2,1-4H3,(H2,65,67,75)(H2,66,68,76)/t53-,54-,57-,58-/m0/s1. The van der Waals surface area contributed by atoms with Gasteiger partial charge in [-0.3, -0.25) is 9.80 Å². The average molecular weight is 1340 g/mol. The second-order valence-corrected chi connectivity index (χ2v) is 27.6. The molecule has 0 spiro atoms. The minimum absolute atomic E-state index is 0.0574. The van der Waals surface area contributed by atoms with E-state index in [4.69, 9.17) is 74.8 Å². The van der Waals surface area contributed by atoms with Crippen LogP contribution in [-0.2, 0) is 51.8 Å². The second-order valence-electron chi connectivity index (χ2n) is 22.4. The summed E-state index contributed by atoms with van der Waals surface area (Å²) in [4.78, 5) is 34.1. The van der Waals surface area contributed by atoms with E-state index in [-0.39, 0.29) is 125 Å². The van der Waals surface area contributed by atoms with Crippen molar-refractivity contribution in [2.45, 2.75) is 73.6 Å². The summed E-state index contributed by atoms with van der Waals surface area (Å²) in [6.07, 6.45) is 2.11. The molecule has 2 fully saturated rings. The maximum absolute atomic E-state index is 13.2. The maximum Gasteiger partial charge on any atom is 0.314 e. The Balaban J connectivity index is 0.590. The average Bonchev–Trinajstić information content (AvgIpc) is 2.01. The van der Waals surface area contributed by atoms with Gasteiger partial charge in [0.05, 0.1) is 74.7 Å². The molecule has 2 aliphatic carbocycles. The summed E-state index contributed by atoms with van der Waals surface area (Å²) in [5, 5.41) is 13.3. The third kappa shape index (κ3) is 20.1. The molecule has 4 aromatic carbocycles. The van der Waals surface area contributed by atoms with E-state index in [9.17, 15) is 26.4 Å². The van der Waals surface area contributed by atoms with E-state index in [0.29, 0.717) is 68.6 Å². The molecule has 4 aliphatic rings. The first-order valence-electron chi connectivity index (χ1n) is 30.0. The van der Waals surface area contributed by atoms with Crippen LogP contribution in [0, 0.1) is 13.8 Å². The maximum atomic E-state index is 13.2. The molecule has 8 rings (SSSR count). The van der Waals surface area contributed by atoms with Crippen LogP contribution in [0.25, 0.3) is 0 Å². The van der Waals surface area contributed by atoms with Crippen molar-refractivity contribution in [2.24, 2.45) is 0 Å². The van der Waals surface area contributed by atoms with Gasteiger partial charge in [0.2, 0.25) is 20.0 Å². The number of urea groups is 2. The van der Waals surface area contributed by atoms with Gasteiger partial charge in [-0.1, -0.05) is 46.4 Å². The van der Waals surface area contributed by atoms with Gasteiger partial charge in [-0.15, -0.1) is 0 Å². The van der Waals surface area contributed by atoms with Gasteiger partial charge in [0.25, 0.3) is 0 Å². The number of halogens is 4. The predicted molar refractivity (Wildman–Crippen MR) is 341 cm³/mol. The third-order valence-electron chi connectivity index (χ3n) is 16.0. The number of hydrogen-bond acceptors (Lipinski definition) is 16. The van der Waals surface area contributed by atoms with Gasteiger partial charge in [0, 0.05) is 123 Å². The summed E-state index contributed by atoms with van der Waals surface area (Å²) < 4.78 is 93.5. The number of fused-ring (bicyclic) bond motifs is 2. The number of ether oxygens (including phenoxy) is 6. The number of likely N-dealkylation sites (N-methyl/N-ethyl adjacent to an activating group) is 2. The van der Waals surface area contributed by atoms with E-state index in [2.05, 4.69) is 64.4 Å². The van der Waals surface area contributed by atoms with Crippen LogP contribution in [0.4, 0.5) is 9.59 Å². The Morgan fingerprint density at radius 3 is 1.19 bits per heavy atom. The molecular weight excluding hydrogens is 1260 g/mol. The Morgan fingerprint density at radius 1 is 0.477 bits per heavy atom. The fraction of sp³-hybridized carbons (Fsp3) is 0.567. The molecule has 0 aromatic heterocycles. The van der Waals surface area contributed by atoms with E-state index < -0.39 is 20.0 Å². The number of aryl methyl sites for hydroxylation is 2. The lowest BCUT2D eigenvalue weighted by Gasteiger charge is -2.39. The summed E-state index contributed by atoms with van der Waals surface area (Å²) in [7, 11) is -3.42. The minimum atomic E-state index is -3.83. The first kappa shape index (κ1) is 69.6. The zero-order valence-corrected chi connectivity index (χ0v) is 55.1. The Kier molecular flexibility index (Phi) is 26.7. The van der Waals surface area contributed by atoms with Crippen LogP contribution in [0.2, 0.25) is 20.1 Å². The molecule has 2 heterocycles. The molecule has 4 amide bonds. The molecule has 28 heteroatoms. The number of sulfonamides is 2. The minimum Gasteiger partial charge on any atom is -0.484 e. The molecule has 486 valence electrons. The molecule has 6 N–H and O–H groups in total. The number of hydrogen-bond donors (Lipinski definition) is 6. The normalized spacial score (nSPS) is 19.3. The van der Waals surface area contributed by atoms with E-state index in [1.54, 1.807) is 48.5 Å². The van der Waals surface area contributed by atoms with Crippen molar-refractivity contribution < 1.29 is 54.8 Å². The predicted octanol–water partition coefficient (Wildman–Crippen LogP) is 6.20.